The fourth-order valence-electron chi connectivity index (χ4n) is 9.90. The summed E-state index contributed by atoms with van der Waals surface area (Å²) in [5.74, 6) is 0. The van der Waals surface area contributed by atoms with E-state index in [4.69, 9.17) is 13.3 Å². The smallest absolute Gasteiger partial charge is 0.143 e. The highest BCUT2D eigenvalue weighted by Crippen LogP contribution is 2.46. The lowest BCUT2D eigenvalue weighted by atomic mass is 9.86. The van der Waals surface area contributed by atoms with E-state index in [1.165, 1.54) is 37.9 Å². The van der Waals surface area contributed by atoms with Gasteiger partial charge in [-0.3, -0.25) is 0 Å². The number of nitrogens with zero attached hydrogens (tertiary/aromatic N) is 1. The summed E-state index contributed by atoms with van der Waals surface area (Å²) < 4.78 is 19.5. The maximum atomic E-state index is 6.73. The lowest BCUT2D eigenvalue weighted by Crippen LogP contribution is -2.10. The highest BCUT2D eigenvalue weighted by molar-refractivity contribution is 6.28. The van der Waals surface area contributed by atoms with Crippen molar-refractivity contribution in [3.05, 3.63) is 188 Å². The second kappa shape index (κ2) is 12.8. The molecule has 0 atom stereocenters. The van der Waals surface area contributed by atoms with Crippen LogP contribution in [-0.2, 0) is 5.41 Å². The lowest BCUT2D eigenvalue weighted by Gasteiger charge is -2.26. The van der Waals surface area contributed by atoms with E-state index in [0.717, 1.165) is 94.0 Å². The summed E-state index contributed by atoms with van der Waals surface area (Å²) in [5.41, 5.74) is 12.0. The van der Waals surface area contributed by atoms with Gasteiger partial charge in [0.25, 0.3) is 0 Å². The number of para-hydroxylation sites is 3. The fourth-order valence-corrected chi connectivity index (χ4v) is 9.90. The average molecular weight is 798 g/mol. The van der Waals surface area contributed by atoms with Gasteiger partial charge in [-0.15, -0.1) is 0 Å². The van der Waals surface area contributed by atoms with E-state index in [9.17, 15) is 0 Å². The van der Waals surface area contributed by atoms with Crippen LogP contribution in [0.4, 0.5) is 17.1 Å². The minimum absolute atomic E-state index is 0.0789. The molecule has 294 valence electrons. The van der Waals surface area contributed by atoms with Crippen molar-refractivity contribution in [2.24, 2.45) is 0 Å². The Hall–Kier alpha value is -7.82. The van der Waals surface area contributed by atoms with Crippen molar-refractivity contribution in [1.82, 2.24) is 0 Å². The fraction of sp³-hybridized carbons (Fsp3) is 0.0690. The largest absolute Gasteiger partial charge is 0.456 e. The molecule has 62 heavy (non-hydrogen) atoms. The number of anilines is 3. The zero-order valence-electron chi connectivity index (χ0n) is 34.5. The quantitative estimate of drug-likeness (QED) is 0.166. The molecule has 0 bridgehead atoms. The van der Waals surface area contributed by atoms with Gasteiger partial charge in [-0.1, -0.05) is 130 Å². The molecule has 3 heterocycles. The SMILES string of the molecule is CC(C)(C)c1ccc(-c2cccc3c2oc2ccc(N(c4ccc5oc6ccccc6c5c4)c4ccc5c(c4)c4ccccc4c4cc6c(cc54)oc4ccccc46)cc23)cc1. The Morgan fingerprint density at radius 2 is 0.790 bits per heavy atom. The van der Waals surface area contributed by atoms with Gasteiger partial charge in [-0.25, -0.2) is 0 Å². The molecule has 0 saturated carbocycles. The van der Waals surface area contributed by atoms with Gasteiger partial charge in [-0.2, -0.15) is 0 Å². The summed E-state index contributed by atoms with van der Waals surface area (Å²) in [7, 11) is 0. The van der Waals surface area contributed by atoms with Crippen molar-refractivity contribution >= 4 is 115 Å². The Morgan fingerprint density at radius 1 is 0.323 bits per heavy atom. The van der Waals surface area contributed by atoms with Gasteiger partial charge in [-0.05, 0) is 122 Å². The van der Waals surface area contributed by atoms with Gasteiger partial charge in [0.1, 0.15) is 33.5 Å². The van der Waals surface area contributed by atoms with Gasteiger partial charge in [0.05, 0.1) is 0 Å². The zero-order valence-corrected chi connectivity index (χ0v) is 34.5. The first-order valence-electron chi connectivity index (χ1n) is 21.3. The van der Waals surface area contributed by atoms with Gasteiger partial charge < -0.3 is 18.2 Å². The van der Waals surface area contributed by atoms with Crippen molar-refractivity contribution < 1.29 is 13.3 Å². The van der Waals surface area contributed by atoms with Crippen molar-refractivity contribution in [1.29, 1.82) is 0 Å². The molecule has 4 heteroatoms. The van der Waals surface area contributed by atoms with Crippen LogP contribution in [0.3, 0.4) is 0 Å². The van der Waals surface area contributed by atoms with Crippen molar-refractivity contribution in [3.63, 3.8) is 0 Å². The lowest BCUT2D eigenvalue weighted by molar-refractivity contribution is 0.590. The molecule has 13 rings (SSSR count). The molecule has 0 aliphatic rings. The predicted octanol–water partition coefficient (Wildman–Crippen LogP) is 17.3. The Kier molecular flexibility index (Phi) is 7.25. The van der Waals surface area contributed by atoms with Crippen LogP contribution in [0.5, 0.6) is 0 Å². The number of hydrogen-bond donors (Lipinski definition) is 0. The zero-order chi connectivity index (χ0) is 41.3. The summed E-state index contributed by atoms with van der Waals surface area (Å²) in [6.07, 6.45) is 0. The van der Waals surface area contributed by atoms with Crippen molar-refractivity contribution in [2.75, 3.05) is 4.90 Å². The highest BCUT2D eigenvalue weighted by Gasteiger charge is 2.21. The summed E-state index contributed by atoms with van der Waals surface area (Å²) in [6.45, 7) is 6.75. The van der Waals surface area contributed by atoms with Crippen LogP contribution in [-0.4, -0.2) is 0 Å². The molecule has 0 amide bonds. The normalized spacial score (nSPS) is 12.4. The predicted molar refractivity (Wildman–Crippen MR) is 260 cm³/mol. The van der Waals surface area contributed by atoms with Gasteiger partial charge >= 0.3 is 0 Å². The molecule has 10 aromatic carbocycles. The summed E-state index contributed by atoms with van der Waals surface area (Å²) in [6, 6.07) is 65.4. The molecular formula is C58H39NO3. The molecule has 3 aromatic heterocycles. The molecule has 0 unspecified atom stereocenters. The van der Waals surface area contributed by atoms with Gasteiger partial charge in [0, 0.05) is 54.9 Å². The Balaban J connectivity index is 1.04. The van der Waals surface area contributed by atoms with E-state index in [1.807, 2.05) is 18.2 Å². The summed E-state index contributed by atoms with van der Waals surface area (Å²) >= 11 is 0. The monoisotopic (exact) mass is 797 g/mol. The summed E-state index contributed by atoms with van der Waals surface area (Å²) in [4.78, 5) is 2.37. The second-order valence-corrected chi connectivity index (χ2v) is 17.7. The molecule has 0 N–H and O–H groups in total. The minimum atomic E-state index is 0.0789. The van der Waals surface area contributed by atoms with Crippen LogP contribution in [0, 0.1) is 0 Å². The van der Waals surface area contributed by atoms with Crippen LogP contribution < -0.4 is 4.90 Å². The van der Waals surface area contributed by atoms with Crippen LogP contribution in [0.2, 0.25) is 0 Å². The third-order valence-electron chi connectivity index (χ3n) is 13.0. The molecule has 0 fully saturated rings. The minimum Gasteiger partial charge on any atom is -0.456 e. The molecule has 0 saturated heterocycles. The maximum Gasteiger partial charge on any atom is 0.143 e. The topological polar surface area (TPSA) is 42.7 Å². The molecule has 0 aliphatic heterocycles. The van der Waals surface area contributed by atoms with Crippen molar-refractivity contribution in [2.45, 2.75) is 26.2 Å². The maximum absolute atomic E-state index is 6.73. The molecule has 0 spiro atoms. The Morgan fingerprint density at radius 3 is 1.45 bits per heavy atom. The number of furan rings is 3. The van der Waals surface area contributed by atoms with Gasteiger partial charge in [0.15, 0.2) is 0 Å². The van der Waals surface area contributed by atoms with E-state index < -0.39 is 0 Å². The first kappa shape index (κ1) is 35.0. The van der Waals surface area contributed by atoms with E-state index in [1.54, 1.807) is 0 Å². The van der Waals surface area contributed by atoms with E-state index in [0.29, 0.717) is 0 Å². The number of hydrogen-bond acceptors (Lipinski definition) is 4. The number of rotatable bonds is 4. The first-order chi connectivity index (χ1) is 30.3. The molecular weight excluding hydrogens is 759 g/mol. The molecule has 0 aliphatic carbocycles. The Bertz CT molecular complexity index is 3970. The molecule has 0 radical (unpaired) electrons. The third kappa shape index (κ3) is 5.20. The standard InChI is InChI=1S/C58H39NO3/c1-58(2,3)35-21-19-34(20-22-35)39-15-10-16-45-50-31-38(25-28-55(50)62-57(39)45)59(37-24-27-54-49(30-37)43-13-6-8-17-52(43)60-54)36-23-26-42-46(29-36)40-11-4-5-12-41(40)47-32-51-44-14-7-9-18-53(44)61-56(51)33-48(42)47/h4-33H,1-3H3. The summed E-state index contributed by atoms with van der Waals surface area (Å²) in [5, 5.41) is 13.8. The molecule has 13 aromatic rings. The van der Waals surface area contributed by atoms with E-state index >= 15 is 0 Å². The van der Waals surface area contributed by atoms with Gasteiger partial charge in [0.2, 0.25) is 0 Å². The second-order valence-electron chi connectivity index (χ2n) is 17.7. The third-order valence-corrected chi connectivity index (χ3v) is 13.0. The van der Waals surface area contributed by atoms with Crippen LogP contribution in [0.25, 0.3) is 109 Å². The number of fused-ring (bicyclic) bond motifs is 15. The van der Waals surface area contributed by atoms with E-state index in [2.05, 4.69) is 189 Å². The van der Waals surface area contributed by atoms with Crippen LogP contribution in [0.1, 0.15) is 26.3 Å². The van der Waals surface area contributed by atoms with Crippen molar-refractivity contribution in [3.8, 4) is 11.1 Å². The average Bonchev–Trinajstić information content (AvgIpc) is 3.99. The van der Waals surface area contributed by atoms with Crippen LogP contribution >= 0.6 is 0 Å². The highest BCUT2D eigenvalue weighted by atomic mass is 16.3. The van der Waals surface area contributed by atoms with E-state index in [-0.39, 0.29) is 5.41 Å². The first-order valence-corrected chi connectivity index (χ1v) is 21.3. The van der Waals surface area contributed by atoms with Crippen LogP contribution in [0.15, 0.2) is 195 Å². The Labute approximate surface area is 356 Å². The number of benzene rings is 10. The molecule has 4 nitrogen and oxygen atoms in total.